The monoisotopic (exact) mass is 395 g/mol. The van der Waals surface area contributed by atoms with Crippen molar-refractivity contribution in [2.75, 3.05) is 19.6 Å². The molecule has 152 valence electrons. The molecule has 1 saturated heterocycles. The number of carbonyl (C=O) groups is 1. The highest BCUT2D eigenvalue weighted by molar-refractivity contribution is 5.79. The van der Waals surface area contributed by atoms with E-state index in [0.29, 0.717) is 31.0 Å². The van der Waals surface area contributed by atoms with Crippen LogP contribution in [0.3, 0.4) is 0 Å². The number of halogens is 3. The molecule has 2 aromatic heterocycles. The highest BCUT2D eigenvalue weighted by Gasteiger charge is 2.35. The number of amides is 1. The fourth-order valence-electron chi connectivity index (χ4n) is 3.50. The van der Waals surface area contributed by atoms with Crippen molar-refractivity contribution in [1.82, 2.24) is 19.7 Å². The number of carbonyl (C=O) groups excluding carboxylic acids is 1. The second-order valence-electron chi connectivity index (χ2n) is 7.72. The second kappa shape index (κ2) is 7.20. The normalized spacial score (nSPS) is 20.0. The minimum atomic E-state index is -4.44. The Balaban J connectivity index is 1.80. The summed E-state index contributed by atoms with van der Waals surface area (Å²) in [5.74, 6) is 0.285. The van der Waals surface area contributed by atoms with Gasteiger partial charge in [-0.1, -0.05) is 6.92 Å². The van der Waals surface area contributed by atoms with Crippen LogP contribution in [-0.4, -0.2) is 45.2 Å². The molecule has 1 aliphatic rings. The summed E-state index contributed by atoms with van der Waals surface area (Å²) in [5.41, 5.74) is 7.07. The third-order valence-corrected chi connectivity index (χ3v) is 5.46. The Morgan fingerprint density at radius 2 is 2.04 bits per heavy atom. The molecule has 9 heteroatoms. The van der Waals surface area contributed by atoms with Crippen molar-refractivity contribution in [2.45, 2.75) is 39.8 Å². The molecule has 6 nitrogen and oxygen atoms in total. The smallest absolute Gasteiger partial charge is 0.342 e. The zero-order valence-electron chi connectivity index (χ0n) is 16.2. The maximum atomic E-state index is 12.7. The van der Waals surface area contributed by atoms with Crippen molar-refractivity contribution >= 4 is 5.91 Å². The number of pyridine rings is 1. The van der Waals surface area contributed by atoms with E-state index in [0.717, 1.165) is 24.2 Å². The molecule has 3 heterocycles. The van der Waals surface area contributed by atoms with Gasteiger partial charge in [0, 0.05) is 30.5 Å². The van der Waals surface area contributed by atoms with Crippen LogP contribution in [0, 0.1) is 19.3 Å². The van der Waals surface area contributed by atoms with E-state index < -0.39 is 11.7 Å². The molecule has 0 aliphatic carbocycles. The van der Waals surface area contributed by atoms with E-state index in [9.17, 15) is 18.0 Å². The Hall–Kier alpha value is -2.42. The van der Waals surface area contributed by atoms with Gasteiger partial charge >= 0.3 is 6.18 Å². The fraction of sp³-hybridized carbons (Fsp3) is 0.526. The van der Waals surface area contributed by atoms with Crippen LogP contribution < -0.4 is 5.73 Å². The van der Waals surface area contributed by atoms with Crippen LogP contribution in [0.25, 0.3) is 5.82 Å². The summed E-state index contributed by atoms with van der Waals surface area (Å²) in [7, 11) is 0. The number of nitrogens with zero attached hydrogens (tertiary/aromatic N) is 4. The average molecular weight is 395 g/mol. The molecule has 2 aromatic rings. The van der Waals surface area contributed by atoms with Crippen LogP contribution in [0.4, 0.5) is 13.2 Å². The largest absolute Gasteiger partial charge is 0.417 e. The Kier molecular flexibility index (Phi) is 5.22. The van der Waals surface area contributed by atoms with Crippen molar-refractivity contribution in [3.63, 3.8) is 0 Å². The maximum Gasteiger partial charge on any atom is 0.417 e. The first-order valence-corrected chi connectivity index (χ1v) is 9.11. The molecule has 1 atom stereocenters. The Morgan fingerprint density at radius 3 is 2.57 bits per heavy atom. The number of hydrogen-bond acceptors (Lipinski definition) is 4. The lowest BCUT2D eigenvalue weighted by atomic mass is 9.90. The SMILES string of the molecule is Cc1nn(-c2ccc(C(F)(F)F)cn2)c(C)c1CC(=O)N1CCC(C)(CN)C1. The highest BCUT2D eigenvalue weighted by Crippen LogP contribution is 2.30. The molecule has 2 N–H and O–H groups in total. The summed E-state index contributed by atoms with van der Waals surface area (Å²) in [6, 6.07) is 2.25. The number of alkyl halides is 3. The van der Waals surface area contributed by atoms with Crippen molar-refractivity contribution in [1.29, 1.82) is 0 Å². The van der Waals surface area contributed by atoms with Gasteiger partial charge in [-0.15, -0.1) is 0 Å². The predicted octanol–water partition coefficient (Wildman–Crippen LogP) is 2.64. The Labute approximate surface area is 161 Å². The lowest BCUT2D eigenvalue weighted by Crippen LogP contribution is -2.35. The molecule has 0 spiro atoms. The van der Waals surface area contributed by atoms with Crippen LogP contribution in [-0.2, 0) is 17.4 Å². The number of hydrogen-bond donors (Lipinski definition) is 1. The zero-order valence-corrected chi connectivity index (χ0v) is 16.2. The van der Waals surface area contributed by atoms with E-state index in [1.54, 1.807) is 13.8 Å². The third kappa shape index (κ3) is 3.89. The standard InChI is InChI=1S/C19H24F3N5O/c1-12-15(8-17(28)26-7-6-18(3,10-23)11-26)13(2)27(25-12)16-5-4-14(9-24-16)19(20,21)22/h4-5,9H,6-8,10-11,23H2,1-3H3. The molecular weight excluding hydrogens is 371 g/mol. The first kappa shape index (κ1) is 20.3. The number of aromatic nitrogens is 3. The summed E-state index contributed by atoms with van der Waals surface area (Å²) >= 11 is 0. The van der Waals surface area contributed by atoms with Crippen LogP contribution in [0.1, 0.15) is 35.9 Å². The van der Waals surface area contributed by atoms with E-state index in [-0.39, 0.29) is 23.6 Å². The van der Waals surface area contributed by atoms with Gasteiger partial charge < -0.3 is 10.6 Å². The number of aryl methyl sites for hydroxylation is 1. The fourth-order valence-corrected chi connectivity index (χ4v) is 3.50. The van der Waals surface area contributed by atoms with Crippen LogP contribution >= 0.6 is 0 Å². The molecule has 0 bridgehead atoms. The van der Waals surface area contributed by atoms with Crippen molar-refractivity contribution in [2.24, 2.45) is 11.1 Å². The maximum absolute atomic E-state index is 12.7. The number of likely N-dealkylation sites (tertiary alicyclic amines) is 1. The number of rotatable bonds is 4. The van der Waals surface area contributed by atoms with Gasteiger partial charge in [-0.05, 0) is 44.4 Å². The summed E-state index contributed by atoms with van der Waals surface area (Å²) < 4.78 is 39.7. The van der Waals surface area contributed by atoms with E-state index in [1.807, 2.05) is 4.90 Å². The summed E-state index contributed by atoms with van der Waals surface area (Å²) in [6.07, 6.45) is -2.58. The lowest BCUT2D eigenvalue weighted by Gasteiger charge is -2.22. The van der Waals surface area contributed by atoms with Gasteiger partial charge in [0.05, 0.1) is 17.7 Å². The van der Waals surface area contributed by atoms with Crippen molar-refractivity contribution < 1.29 is 18.0 Å². The summed E-state index contributed by atoms with van der Waals surface area (Å²) in [6.45, 7) is 7.49. The molecule has 1 fully saturated rings. The van der Waals surface area contributed by atoms with Gasteiger partial charge in [0.2, 0.25) is 5.91 Å². The van der Waals surface area contributed by atoms with Gasteiger partial charge in [-0.3, -0.25) is 4.79 Å². The highest BCUT2D eigenvalue weighted by atomic mass is 19.4. The molecule has 3 rings (SSSR count). The molecule has 0 aromatic carbocycles. The van der Waals surface area contributed by atoms with Crippen LogP contribution in [0.5, 0.6) is 0 Å². The van der Waals surface area contributed by atoms with E-state index >= 15 is 0 Å². The Bertz CT molecular complexity index is 875. The van der Waals surface area contributed by atoms with Gasteiger partial charge in [0.25, 0.3) is 0 Å². The summed E-state index contributed by atoms with van der Waals surface area (Å²) in [4.78, 5) is 18.4. The quantitative estimate of drug-likeness (QED) is 0.864. The first-order valence-electron chi connectivity index (χ1n) is 9.11. The molecule has 1 amide bonds. The third-order valence-electron chi connectivity index (χ3n) is 5.46. The molecule has 1 unspecified atom stereocenters. The van der Waals surface area contributed by atoms with Gasteiger partial charge in [-0.2, -0.15) is 18.3 Å². The number of nitrogens with two attached hydrogens (primary N) is 1. The molecule has 0 saturated carbocycles. The molecule has 28 heavy (non-hydrogen) atoms. The molecule has 0 radical (unpaired) electrons. The second-order valence-corrected chi connectivity index (χ2v) is 7.72. The average Bonchev–Trinajstić information content (AvgIpc) is 3.17. The minimum Gasteiger partial charge on any atom is -0.342 e. The molecular formula is C19H24F3N5O. The van der Waals surface area contributed by atoms with E-state index in [4.69, 9.17) is 5.73 Å². The van der Waals surface area contributed by atoms with Gasteiger partial charge in [0.1, 0.15) is 0 Å². The first-order chi connectivity index (χ1) is 13.0. The van der Waals surface area contributed by atoms with E-state index in [1.165, 1.54) is 10.7 Å². The topological polar surface area (TPSA) is 77.0 Å². The molecule has 1 aliphatic heterocycles. The summed E-state index contributed by atoms with van der Waals surface area (Å²) in [5, 5.41) is 4.38. The predicted molar refractivity (Wildman–Crippen MR) is 97.9 cm³/mol. The van der Waals surface area contributed by atoms with Crippen molar-refractivity contribution in [3.8, 4) is 5.82 Å². The minimum absolute atomic E-state index is 0.00306. The van der Waals surface area contributed by atoms with Crippen molar-refractivity contribution in [3.05, 3.63) is 40.8 Å². The van der Waals surface area contributed by atoms with Gasteiger partial charge in [0.15, 0.2) is 5.82 Å². The zero-order chi connectivity index (χ0) is 20.7. The Morgan fingerprint density at radius 1 is 1.32 bits per heavy atom. The van der Waals surface area contributed by atoms with Crippen LogP contribution in [0.15, 0.2) is 18.3 Å². The lowest BCUT2D eigenvalue weighted by molar-refractivity contribution is -0.137. The van der Waals surface area contributed by atoms with E-state index in [2.05, 4.69) is 17.0 Å². The van der Waals surface area contributed by atoms with Gasteiger partial charge in [-0.25, -0.2) is 9.67 Å². The van der Waals surface area contributed by atoms with Crippen LogP contribution in [0.2, 0.25) is 0 Å².